The third kappa shape index (κ3) is 23.1. The Bertz CT molecular complexity index is 4230. The van der Waals surface area contributed by atoms with Crippen LogP contribution < -0.4 is 31.3 Å². The smallest absolute Gasteiger partial charge is 0.246 e. The van der Waals surface area contributed by atoms with Crippen molar-refractivity contribution in [3.8, 4) is 5.75 Å². The van der Waals surface area contributed by atoms with Gasteiger partial charge in [0.05, 0.1) is 58.6 Å². The van der Waals surface area contributed by atoms with Gasteiger partial charge in [-0.3, -0.25) is 57.5 Å². The van der Waals surface area contributed by atoms with Crippen molar-refractivity contribution in [3.05, 3.63) is 136 Å². The first-order valence-corrected chi connectivity index (χ1v) is 40.2. The van der Waals surface area contributed by atoms with Gasteiger partial charge < -0.3 is 64.9 Å². The lowest BCUT2D eigenvalue weighted by atomic mass is 9.88. The number of ketones is 4. The van der Waals surface area contributed by atoms with Crippen molar-refractivity contribution in [2.24, 2.45) is 11.8 Å². The zero-order valence-electron chi connectivity index (χ0n) is 66.1. The number of benzene rings is 4. The normalized spacial score (nSPS) is 25.2. The number of aromatic nitrogens is 1. The van der Waals surface area contributed by atoms with Crippen LogP contribution in [0.5, 0.6) is 5.75 Å². The lowest BCUT2D eigenvalue weighted by Gasteiger charge is -2.37. The average Bonchev–Trinajstić information content (AvgIpc) is 1.67. The Balaban J connectivity index is 1.09. The Morgan fingerprint density at radius 3 is 2.16 bits per heavy atom. The summed E-state index contributed by atoms with van der Waals surface area (Å²) in [5.41, 5.74) is 3.22. The lowest BCUT2D eigenvalue weighted by molar-refractivity contribution is -0.870. The maximum absolute atomic E-state index is 16.3. The average molecular weight is 1550 g/mol. The molecule has 5 aliphatic heterocycles. The minimum Gasteiger partial charge on any atom is -0.497 e. The molecule has 4 aromatic carbocycles. The molecule has 0 aliphatic carbocycles. The highest BCUT2D eigenvalue weighted by molar-refractivity contribution is 6.00. The summed E-state index contributed by atoms with van der Waals surface area (Å²) >= 11 is 0. The Hall–Kier alpha value is -9.53. The number of carbonyl (C=O) groups excluding carboxylic acids is 12. The number of methoxy groups -OCH3 is 1. The van der Waals surface area contributed by atoms with Crippen LogP contribution in [0.2, 0.25) is 0 Å². The van der Waals surface area contributed by atoms with E-state index in [1.807, 2.05) is 35.0 Å². The van der Waals surface area contributed by atoms with Crippen LogP contribution in [0, 0.1) is 17.7 Å². The molecule has 0 unspecified atom stereocenters. The molecule has 2 fully saturated rings. The van der Waals surface area contributed by atoms with Crippen LogP contribution in [-0.2, 0) is 108 Å². The highest BCUT2D eigenvalue weighted by Gasteiger charge is 2.49. The van der Waals surface area contributed by atoms with Crippen LogP contribution in [0.3, 0.4) is 0 Å². The number of amides is 8. The minimum absolute atomic E-state index is 0.0425. The minimum atomic E-state index is -1.82. The van der Waals surface area contributed by atoms with E-state index in [1.54, 1.807) is 66.4 Å². The number of carbonyl (C=O) groups is 12. The van der Waals surface area contributed by atoms with Crippen molar-refractivity contribution >= 4 is 81.3 Å². The van der Waals surface area contributed by atoms with Crippen molar-refractivity contribution in [2.45, 2.75) is 236 Å². The molecule has 0 saturated carbocycles. The number of unbranched alkanes of at least 4 members (excludes halogenated alkanes) is 2. The number of halogens is 1. The van der Waals surface area contributed by atoms with Crippen LogP contribution in [0.4, 0.5) is 4.39 Å². The number of quaternary nitrogens is 1. The molecule has 5 aromatic rings. The first-order valence-electron chi connectivity index (χ1n) is 40.2. The van der Waals surface area contributed by atoms with Crippen molar-refractivity contribution in [1.82, 2.24) is 45.9 Å². The van der Waals surface area contributed by atoms with Crippen LogP contribution in [0.1, 0.15) is 176 Å². The summed E-state index contributed by atoms with van der Waals surface area (Å²) < 4.78 is 30.3. The van der Waals surface area contributed by atoms with E-state index in [9.17, 15) is 33.9 Å². The second kappa shape index (κ2) is 39.3. The number of nitrogens with zero attached hydrogens (tertiary/aromatic N) is 5. The molecule has 12 bridgehead atoms. The first-order chi connectivity index (χ1) is 53.5. The van der Waals surface area contributed by atoms with E-state index in [0.29, 0.717) is 110 Å². The van der Waals surface area contributed by atoms with Gasteiger partial charge in [0.15, 0.2) is 11.6 Å². The van der Waals surface area contributed by atoms with Gasteiger partial charge in [0, 0.05) is 120 Å². The zero-order valence-corrected chi connectivity index (χ0v) is 66.1. The number of hydrogen-bond donors (Lipinski definition) is 6. The summed E-state index contributed by atoms with van der Waals surface area (Å²) in [6.07, 6.45) is 3.57. The summed E-state index contributed by atoms with van der Waals surface area (Å²) in [6.45, 7) is 5.73. The van der Waals surface area contributed by atoms with Gasteiger partial charge in [0.25, 0.3) is 0 Å². The van der Waals surface area contributed by atoms with Crippen molar-refractivity contribution < 1.29 is 81.0 Å². The van der Waals surface area contributed by atoms with Gasteiger partial charge >= 0.3 is 0 Å². The summed E-state index contributed by atoms with van der Waals surface area (Å²) in [4.78, 5) is 184. The van der Waals surface area contributed by atoms with E-state index in [2.05, 4.69) is 47.7 Å². The molecule has 5 aliphatic rings. The van der Waals surface area contributed by atoms with E-state index < -0.39 is 126 Å². The maximum atomic E-state index is 16.3. The predicted octanol–water partition coefficient (Wildman–Crippen LogP) is 7.21. The van der Waals surface area contributed by atoms with Gasteiger partial charge in [-0.15, -0.1) is 0 Å². The molecular formula is C86H114FN10O15+. The summed E-state index contributed by atoms with van der Waals surface area (Å²) in [5, 5.41) is 26.3. The molecule has 10 rings (SSSR count). The molecule has 25 nitrogen and oxygen atoms in total. The standard InChI is InChI=1S/C86H113FN10O15/c1-55-43-66(100)30-35-77(104)94-39-13-9-8-12-38-93-53-63(68-50-64(87)28-34-72(68)93)48-62-49-73(101)70(90-81(106)69(89-80(55)105)33-29-65(99)24-11-10-14-42-97(4,5)6)47-59-21-16-22-60(45-59)51-88-76(103)54-112-74-36-41-95(84(62)109)79(74)83(108)92-78(56(2)98)82(107)91-71(46-58-26-31-67(111-7)32-27-58)85(110)96-40-18-37-86(96,3)75(102)25-17-20-57-19-15-23-61(44-57)52-94/h15-16,19,21-23,26-28,31-32,34,44-45,50,53,55-56,62,69-71,74,78-79,98H,8-14,17-18,20,24-25,29-30,33,35-43,46-49,51-52,54H2,1-7H3,(H4-,88,89,90,91,92,103,105,106,107,108)/p+1/t55-,56-,62-,69-,70+,71+,74+,78+,79+,86+/m1/s1. The molecule has 1 aromatic heterocycles. The number of aliphatic hydroxyl groups excluding tert-OH is 1. The SMILES string of the molecule is COc1ccc(C[C@@H]2NC(=O)[C@H]([C@@H](C)O)NC(=O)[C@@H]3[C@@H]4CCN3C(=O)[C@H]3CC(=O)[C@H](Cc5cccc(c5)CNC(=O)CO4)NC(=O)[C@@H](CCC(=O)CCCCC[N+](C)(C)C)NC(=O)[C@H](C)CC(=O)CCC(=O)N(CCCCCCn4cc(c5cc(F)ccc54)C3)Cc3cccc(c3)CCCC(=O)[C@]3(C)CCCN3C2=O)cc1. The second-order valence-electron chi connectivity index (χ2n) is 32.7. The van der Waals surface area contributed by atoms with Gasteiger partial charge in [-0.05, 0) is 161 Å². The fourth-order valence-electron chi connectivity index (χ4n) is 16.4. The summed E-state index contributed by atoms with van der Waals surface area (Å²) in [6, 6.07) is 18.1. The lowest BCUT2D eigenvalue weighted by Crippen LogP contribution is -2.62. The molecule has 10 atom stereocenters. The molecule has 6 heterocycles. The van der Waals surface area contributed by atoms with Crippen molar-refractivity contribution in [2.75, 3.05) is 61.0 Å². The quantitative estimate of drug-likeness (QED) is 0.0501. The number of hydrogen-bond acceptors (Lipinski definition) is 15. The molecule has 8 amide bonds. The summed E-state index contributed by atoms with van der Waals surface area (Å²) in [7, 11) is 7.77. The van der Waals surface area contributed by atoms with Crippen LogP contribution in [0.15, 0.2) is 97.2 Å². The number of Topliss-reactive ketones (excluding diaryl/α,β-unsaturated/α-hetero) is 4. The number of ether oxygens (including phenoxy) is 2. The van der Waals surface area contributed by atoms with Gasteiger partial charge in [-0.25, -0.2) is 4.39 Å². The predicted molar refractivity (Wildman–Crippen MR) is 418 cm³/mol. The van der Waals surface area contributed by atoms with Crippen molar-refractivity contribution in [3.63, 3.8) is 0 Å². The maximum Gasteiger partial charge on any atom is 0.246 e. The molecule has 2 saturated heterocycles. The van der Waals surface area contributed by atoms with Crippen LogP contribution in [-0.4, -0.2) is 208 Å². The monoisotopic (exact) mass is 1550 g/mol. The van der Waals surface area contributed by atoms with Gasteiger partial charge in [-0.2, -0.15) is 0 Å². The number of rotatable bonds is 13. The van der Waals surface area contributed by atoms with Gasteiger partial charge in [-0.1, -0.05) is 80.4 Å². The number of aliphatic hydroxyl groups is 1. The third-order valence-corrected chi connectivity index (χ3v) is 22.8. The van der Waals surface area contributed by atoms with Crippen LogP contribution in [0.25, 0.3) is 10.9 Å². The van der Waals surface area contributed by atoms with E-state index >= 15 is 33.2 Å². The molecule has 0 spiro atoms. The third-order valence-electron chi connectivity index (χ3n) is 22.8. The van der Waals surface area contributed by atoms with E-state index in [0.717, 1.165) is 35.0 Å². The molecular weight excluding hydrogens is 1430 g/mol. The second-order valence-corrected chi connectivity index (χ2v) is 32.7. The molecule has 6 N–H and O–H groups in total. The number of aryl methyl sites for hydroxylation is 2. The Kier molecular flexibility index (Phi) is 29.8. The van der Waals surface area contributed by atoms with Gasteiger partial charge in [0.1, 0.15) is 53.9 Å². The number of fused-ring (bicyclic) bond motifs is 14. The molecule has 112 heavy (non-hydrogen) atoms. The van der Waals surface area contributed by atoms with E-state index in [4.69, 9.17) is 9.47 Å². The fourth-order valence-corrected chi connectivity index (χ4v) is 16.4. The Labute approximate surface area is 656 Å². The van der Waals surface area contributed by atoms with E-state index in [1.165, 1.54) is 42.9 Å². The highest BCUT2D eigenvalue weighted by Crippen LogP contribution is 2.35. The highest BCUT2D eigenvalue weighted by atomic mass is 19.1. The molecule has 0 radical (unpaired) electrons. The topological polar surface area (TPSA) is 318 Å². The molecule has 26 heteroatoms. The number of nitrogens with one attached hydrogen (secondary N) is 5. The Morgan fingerprint density at radius 1 is 0.688 bits per heavy atom. The van der Waals surface area contributed by atoms with E-state index in [-0.39, 0.29) is 120 Å². The van der Waals surface area contributed by atoms with Crippen LogP contribution >= 0.6 is 0 Å². The first kappa shape index (κ1) is 84.9. The molecule has 604 valence electrons. The van der Waals surface area contributed by atoms with Crippen molar-refractivity contribution in [1.29, 1.82) is 0 Å². The summed E-state index contributed by atoms with van der Waals surface area (Å²) in [5.74, 6) is -9.64. The largest absolute Gasteiger partial charge is 0.497 e. The Morgan fingerprint density at radius 2 is 1.41 bits per heavy atom. The van der Waals surface area contributed by atoms with Gasteiger partial charge in [0.2, 0.25) is 47.3 Å². The zero-order chi connectivity index (χ0) is 80.4. The fraction of sp³-hybridized carbons (Fsp3) is 0.558.